The molecule has 1 atom stereocenters. The number of ether oxygens (including phenoxy) is 1. The van der Waals surface area contributed by atoms with Crippen LogP contribution in [0.15, 0.2) is 78.4 Å². The van der Waals surface area contributed by atoms with Gasteiger partial charge in [0.15, 0.2) is 0 Å². The quantitative estimate of drug-likeness (QED) is 0.781. The second-order valence-corrected chi connectivity index (χ2v) is 5.00. The third-order valence-corrected chi connectivity index (χ3v) is 3.44. The number of hydrogen-bond acceptors (Lipinski definition) is 2. The lowest BCUT2D eigenvalue weighted by Crippen LogP contribution is -2.15. The van der Waals surface area contributed by atoms with Gasteiger partial charge in [0.05, 0.1) is 0 Å². The summed E-state index contributed by atoms with van der Waals surface area (Å²) in [4.78, 5) is 11.7. The van der Waals surface area contributed by atoms with Crippen molar-refractivity contribution in [2.75, 3.05) is 0 Å². The van der Waals surface area contributed by atoms with Gasteiger partial charge in [0, 0.05) is 12.5 Å². The molecule has 1 aliphatic heterocycles. The number of benzene rings is 2. The molecule has 0 saturated carbocycles. The molecule has 0 amide bonds. The van der Waals surface area contributed by atoms with Gasteiger partial charge in [-0.3, -0.25) is 0 Å². The number of cyclic esters (lactones) is 1. The topological polar surface area (TPSA) is 26.3 Å². The normalized spacial score (nSPS) is 18.4. The summed E-state index contributed by atoms with van der Waals surface area (Å²) >= 11 is 0. The lowest BCUT2D eigenvalue weighted by molar-refractivity contribution is -0.144. The van der Waals surface area contributed by atoms with Crippen molar-refractivity contribution in [3.05, 3.63) is 89.5 Å². The van der Waals surface area contributed by atoms with Crippen LogP contribution in [0.3, 0.4) is 0 Å². The van der Waals surface area contributed by atoms with Crippen LogP contribution in [-0.4, -0.2) is 5.97 Å². The van der Waals surface area contributed by atoms with Crippen molar-refractivity contribution in [2.45, 2.75) is 12.5 Å². The maximum Gasteiger partial charge on any atom is 0.331 e. The van der Waals surface area contributed by atoms with Crippen LogP contribution < -0.4 is 0 Å². The van der Waals surface area contributed by atoms with E-state index in [4.69, 9.17) is 4.74 Å². The summed E-state index contributed by atoms with van der Waals surface area (Å²) in [6, 6.07) is 19.9. The largest absolute Gasteiger partial charge is 0.454 e. The van der Waals surface area contributed by atoms with Crippen molar-refractivity contribution >= 4 is 12.0 Å². The third-order valence-electron chi connectivity index (χ3n) is 3.44. The maximum absolute atomic E-state index is 11.7. The summed E-state index contributed by atoms with van der Waals surface area (Å²) in [5, 5.41) is 0. The predicted octanol–water partition coefficient (Wildman–Crippen LogP) is 4.31. The minimum Gasteiger partial charge on any atom is -0.454 e. The van der Waals surface area contributed by atoms with Crippen LogP contribution >= 0.6 is 0 Å². The van der Waals surface area contributed by atoms with Gasteiger partial charge in [-0.05, 0) is 16.7 Å². The number of carbonyl (C=O) groups is 1. The average molecular weight is 276 g/mol. The highest BCUT2D eigenvalue weighted by Gasteiger charge is 2.21. The van der Waals surface area contributed by atoms with Gasteiger partial charge in [0.25, 0.3) is 0 Å². The Labute approximate surface area is 124 Å². The van der Waals surface area contributed by atoms with E-state index in [-0.39, 0.29) is 12.1 Å². The molecule has 2 aromatic rings. The van der Waals surface area contributed by atoms with E-state index < -0.39 is 0 Å². The molecule has 1 heterocycles. The number of rotatable bonds is 3. The Kier molecular flexibility index (Phi) is 3.97. The Morgan fingerprint density at radius 3 is 2.29 bits per heavy atom. The second kappa shape index (κ2) is 6.23. The summed E-state index contributed by atoms with van der Waals surface area (Å²) in [5.74, 6) is -0.275. The molecule has 0 unspecified atom stereocenters. The fraction of sp³-hybridized carbons (Fsp3) is 0.105. The second-order valence-electron chi connectivity index (χ2n) is 5.00. The van der Waals surface area contributed by atoms with Crippen molar-refractivity contribution in [3.63, 3.8) is 0 Å². The monoisotopic (exact) mass is 276 g/mol. The lowest BCUT2D eigenvalue weighted by Gasteiger charge is -2.22. The van der Waals surface area contributed by atoms with Gasteiger partial charge in [0.2, 0.25) is 0 Å². The van der Waals surface area contributed by atoms with Crippen molar-refractivity contribution in [3.8, 4) is 0 Å². The first kappa shape index (κ1) is 13.4. The van der Waals surface area contributed by atoms with Gasteiger partial charge < -0.3 is 4.74 Å². The van der Waals surface area contributed by atoms with Crippen LogP contribution in [0, 0.1) is 0 Å². The van der Waals surface area contributed by atoms with Crippen LogP contribution in [0.1, 0.15) is 23.7 Å². The van der Waals surface area contributed by atoms with E-state index in [1.165, 1.54) is 0 Å². The molecule has 1 aliphatic rings. The van der Waals surface area contributed by atoms with Crippen LogP contribution in [-0.2, 0) is 9.53 Å². The molecule has 2 heteroatoms. The van der Waals surface area contributed by atoms with E-state index in [0.29, 0.717) is 6.42 Å². The highest BCUT2D eigenvalue weighted by atomic mass is 16.5. The molecule has 0 spiro atoms. The first-order chi connectivity index (χ1) is 10.3. The smallest absolute Gasteiger partial charge is 0.331 e. The van der Waals surface area contributed by atoms with Crippen molar-refractivity contribution in [1.29, 1.82) is 0 Å². The highest BCUT2D eigenvalue weighted by Crippen LogP contribution is 2.29. The fourth-order valence-corrected chi connectivity index (χ4v) is 2.38. The van der Waals surface area contributed by atoms with Crippen LogP contribution in [0.2, 0.25) is 0 Å². The minimum absolute atomic E-state index is 0.195. The standard InChI is InChI=1S/C19H16O2/c20-19-14-16(12-11-15-7-3-1-4-8-15)13-18(21-19)17-9-5-2-6-10-17/h1-12,14,18H,13H2/b12-11+/t18-/m0/s1. The Bertz CT molecular complexity index is 669. The molecular weight excluding hydrogens is 260 g/mol. The van der Waals surface area contributed by atoms with Gasteiger partial charge in [0.1, 0.15) is 6.10 Å². The minimum atomic E-state index is -0.275. The fourth-order valence-electron chi connectivity index (χ4n) is 2.38. The Morgan fingerprint density at radius 1 is 0.905 bits per heavy atom. The molecule has 2 aromatic carbocycles. The van der Waals surface area contributed by atoms with Gasteiger partial charge in [-0.2, -0.15) is 0 Å². The van der Waals surface area contributed by atoms with Gasteiger partial charge in [-0.15, -0.1) is 0 Å². The zero-order valence-corrected chi connectivity index (χ0v) is 11.6. The van der Waals surface area contributed by atoms with Crippen molar-refractivity contribution < 1.29 is 9.53 Å². The van der Waals surface area contributed by atoms with E-state index in [9.17, 15) is 4.79 Å². The van der Waals surface area contributed by atoms with Crippen LogP contribution in [0.4, 0.5) is 0 Å². The molecule has 0 radical (unpaired) electrons. The number of esters is 1. The molecule has 0 saturated heterocycles. The molecular formula is C19H16O2. The highest BCUT2D eigenvalue weighted by molar-refractivity contribution is 5.85. The van der Waals surface area contributed by atoms with Gasteiger partial charge >= 0.3 is 5.97 Å². The Balaban J connectivity index is 1.77. The summed E-state index contributed by atoms with van der Waals surface area (Å²) in [6.45, 7) is 0. The number of allylic oxidation sites excluding steroid dienone is 1. The predicted molar refractivity (Wildman–Crippen MR) is 83.5 cm³/mol. The molecule has 21 heavy (non-hydrogen) atoms. The molecule has 0 bridgehead atoms. The summed E-state index contributed by atoms with van der Waals surface area (Å²) in [7, 11) is 0. The lowest BCUT2D eigenvalue weighted by atomic mass is 9.98. The van der Waals surface area contributed by atoms with E-state index in [1.807, 2.05) is 72.8 Å². The summed E-state index contributed by atoms with van der Waals surface area (Å²) in [6.07, 6.45) is 6.09. The SMILES string of the molecule is O=C1C=C(/C=C/c2ccccc2)C[C@@H](c2ccccc2)O1. The maximum atomic E-state index is 11.7. The summed E-state index contributed by atoms with van der Waals surface area (Å²) < 4.78 is 5.41. The molecule has 0 N–H and O–H groups in total. The molecule has 0 aromatic heterocycles. The van der Waals surface area contributed by atoms with E-state index in [2.05, 4.69) is 0 Å². The molecule has 3 rings (SSSR count). The molecule has 0 aliphatic carbocycles. The van der Waals surface area contributed by atoms with E-state index >= 15 is 0 Å². The van der Waals surface area contributed by atoms with Crippen LogP contribution in [0.25, 0.3) is 6.08 Å². The Hall–Kier alpha value is -2.61. The van der Waals surface area contributed by atoms with Gasteiger partial charge in [-0.25, -0.2) is 4.79 Å². The molecule has 0 fully saturated rings. The summed E-state index contributed by atoms with van der Waals surface area (Å²) in [5.41, 5.74) is 3.14. The number of hydrogen-bond donors (Lipinski definition) is 0. The zero-order valence-electron chi connectivity index (χ0n) is 11.6. The van der Waals surface area contributed by atoms with E-state index in [0.717, 1.165) is 16.7 Å². The zero-order chi connectivity index (χ0) is 14.5. The van der Waals surface area contributed by atoms with Crippen molar-refractivity contribution in [2.24, 2.45) is 0 Å². The molecule has 2 nitrogen and oxygen atoms in total. The van der Waals surface area contributed by atoms with Gasteiger partial charge in [-0.1, -0.05) is 72.8 Å². The van der Waals surface area contributed by atoms with E-state index in [1.54, 1.807) is 6.08 Å². The molecule has 104 valence electrons. The first-order valence-electron chi connectivity index (χ1n) is 7.00. The first-order valence-corrected chi connectivity index (χ1v) is 7.00. The Morgan fingerprint density at radius 2 is 1.57 bits per heavy atom. The number of carbonyl (C=O) groups excluding carboxylic acids is 1. The average Bonchev–Trinajstić information content (AvgIpc) is 2.54. The van der Waals surface area contributed by atoms with Crippen molar-refractivity contribution in [1.82, 2.24) is 0 Å². The third kappa shape index (κ3) is 3.48. The van der Waals surface area contributed by atoms with Crippen LogP contribution in [0.5, 0.6) is 0 Å².